The first-order valence-electron chi connectivity index (χ1n) is 8.51. The largest absolute Gasteiger partial charge is 0.493 e. The van der Waals surface area contributed by atoms with Gasteiger partial charge in [-0.2, -0.15) is 5.10 Å². The average Bonchev–Trinajstić information content (AvgIpc) is 2.67. The number of hydrazone groups is 1. The summed E-state index contributed by atoms with van der Waals surface area (Å²) in [6, 6.07) is 10.4. The number of benzene rings is 2. The molecule has 0 aliphatic rings. The van der Waals surface area contributed by atoms with Crippen molar-refractivity contribution in [2.24, 2.45) is 5.10 Å². The Kier molecular flexibility index (Phi) is 7.83. The van der Waals surface area contributed by atoms with Crippen LogP contribution in [0.25, 0.3) is 0 Å². The summed E-state index contributed by atoms with van der Waals surface area (Å²) in [5.41, 5.74) is 4.44. The second-order valence-corrected chi connectivity index (χ2v) is 6.05. The van der Waals surface area contributed by atoms with Gasteiger partial charge in [-0.1, -0.05) is 29.8 Å². The quantitative estimate of drug-likeness (QED) is 0.414. The van der Waals surface area contributed by atoms with Crippen molar-refractivity contribution in [1.82, 2.24) is 5.43 Å². The van der Waals surface area contributed by atoms with Crippen LogP contribution in [0.1, 0.15) is 28.4 Å². The number of hydrogen-bond donors (Lipinski definition) is 1. The number of hydrogen-bond acceptors (Lipinski definition) is 6. The summed E-state index contributed by atoms with van der Waals surface area (Å²) in [6.45, 7) is 3.52. The van der Waals surface area contributed by atoms with E-state index in [2.05, 4.69) is 10.5 Å². The highest BCUT2D eigenvalue weighted by Gasteiger charge is 2.14. The van der Waals surface area contributed by atoms with Gasteiger partial charge in [0.25, 0.3) is 5.91 Å². The van der Waals surface area contributed by atoms with Gasteiger partial charge in [-0.25, -0.2) is 10.2 Å². The summed E-state index contributed by atoms with van der Waals surface area (Å²) in [5.74, 6) is -0.284. The van der Waals surface area contributed by atoms with Crippen molar-refractivity contribution in [3.8, 4) is 11.5 Å². The molecule has 0 atom stereocenters. The van der Waals surface area contributed by atoms with Gasteiger partial charge in [0.15, 0.2) is 18.1 Å². The molecular formula is C20H21ClN2O5. The lowest BCUT2D eigenvalue weighted by Gasteiger charge is -2.12. The molecule has 0 aliphatic carbocycles. The molecule has 2 rings (SSSR count). The van der Waals surface area contributed by atoms with Crippen molar-refractivity contribution >= 4 is 29.7 Å². The highest BCUT2D eigenvalue weighted by atomic mass is 35.5. The third kappa shape index (κ3) is 5.72. The molecule has 2 aromatic rings. The lowest BCUT2D eigenvalue weighted by molar-refractivity contribution is -0.145. The van der Waals surface area contributed by atoms with Gasteiger partial charge in [-0.3, -0.25) is 4.79 Å². The zero-order chi connectivity index (χ0) is 20.5. The molecule has 7 nitrogen and oxygen atoms in total. The number of amides is 1. The van der Waals surface area contributed by atoms with Crippen LogP contribution in [0, 0.1) is 6.92 Å². The van der Waals surface area contributed by atoms with Crippen molar-refractivity contribution in [3.05, 3.63) is 58.1 Å². The van der Waals surface area contributed by atoms with E-state index in [9.17, 15) is 9.59 Å². The van der Waals surface area contributed by atoms with Gasteiger partial charge in [0.2, 0.25) is 0 Å². The van der Waals surface area contributed by atoms with Gasteiger partial charge in [0, 0.05) is 5.56 Å². The van der Waals surface area contributed by atoms with E-state index in [1.54, 1.807) is 31.2 Å². The van der Waals surface area contributed by atoms with Gasteiger partial charge < -0.3 is 14.2 Å². The maximum absolute atomic E-state index is 12.2. The van der Waals surface area contributed by atoms with Crippen LogP contribution in [-0.2, 0) is 9.53 Å². The molecule has 0 heterocycles. The lowest BCUT2D eigenvalue weighted by Crippen LogP contribution is -2.18. The number of carbonyl (C=O) groups excluding carboxylic acids is 2. The van der Waals surface area contributed by atoms with E-state index in [0.29, 0.717) is 16.9 Å². The Morgan fingerprint density at radius 1 is 1.25 bits per heavy atom. The standard InChI is InChI=1S/C20H21ClN2O5/c1-4-27-18(24)12-28-19-16(21)9-14(10-17(19)26-3)11-22-23-20(25)15-8-6-5-7-13(15)2/h5-11H,4,12H2,1-3H3,(H,23,25)/b22-11-. The van der Waals surface area contributed by atoms with Crippen molar-refractivity contribution < 1.29 is 23.8 Å². The van der Waals surface area contributed by atoms with Gasteiger partial charge in [-0.05, 0) is 43.2 Å². The number of rotatable bonds is 8. The fourth-order valence-electron chi connectivity index (χ4n) is 2.34. The minimum absolute atomic E-state index is 0.221. The molecule has 0 fully saturated rings. The van der Waals surface area contributed by atoms with Gasteiger partial charge in [0.05, 0.1) is 25.0 Å². The third-order valence-corrected chi connectivity index (χ3v) is 3.94. The number of nitrogens with zero attached hydrogens (tertiary/aromatic N) is 1. The van der Waals surface area contributed by atoms with Crippen molar-refractivity contribution in [1.29, 1.82) is 0 Å². The van der Waals surface area contributed by atoms with Crippen LogP contribution in [0.4, 0.5) is 0 Å². The third-order valence-electron chi connectivity index (χ3n) is 3.66. The predicted molar refractivity (Wildman–Crippen MR) is 106 cm³/mol. The SMILES string of the molecule is CCOC(=O)COc1c(Cl)cc(/C=N\NC(=O)c2ccccc2C)cc1OC. The van der Waals surface area contributed by atoms with Gasteiger partial charge in [0.1, 0.15) is 0 Å². The molecule has 0 saturated carbocycles. The normalized spacial score (nSPS) is 10.6. The molecule has 1 N–H and O–H groups in total. The van der Waals surface area contributed by atoms with E-state index in [1.807, 2.05) is 19.1 Å². The van der Waals surface area contributed by atoms with Gasteiger partial charge in [-0.15, -0.1) is 0 Å². The molecule has 8 heteroatoms. The predicted octanol–water partition coefficient (Wildman–Crippen LogP) is 3.36. The molecule has 28 heavy (non-hydrogen) atoms. The summed E-state index contributed by atoms with van der Waals surface area (Å²) in [5, 5.41) is 4.18. The number of halogens is 1. The van der Waals surface area contributed by atoms with Crippen LogP contribution < -0.4 is 14.9 Å². The summed E-state index contributed by atoms with van der Waals surface area (Å²) in [7, 11) is 1.45. The zero-order valence-corrected chi connectivity index (χ0v) is 16.6. The first kappa shape index (κ1) is 21.2. The maximum Gasteiger partial charge on any atom is 0.344 e. The van der Waals surface area contributed by atoms with E-state index in [0.717, 1.165) is 5.56 Å². The molecule has 0 unspecified atom stereocenters. The molecule has 0 spiro atoms. The van der Waals surface area contributed by atoms with Crippen LogP contribution in [0.2, 0.25) is 5.02 Å². The minimum atomic E-state index is -0.509. The second-order valence-electron chi connectivity index (χ2n) is 5.64. The summed E-state index contributed by atoms with van der Waals surface area (Å²) >= 11 is 6.23. The molecule has 1 amide bonds. The highest BCUT2D eigenvalue weighted by Crippen LogP contribution is 2.36. The van der Waals surface area contributed by atoms with Crippen molar-refractivity contribution in [2.45, 2.75) is 13.8 Å². The Morgan fingerprint density at radius 2 is 2.00 bits per heavy atom. The van der Waals surface area contributed by atoms with E-state index in [4.69, 9.17) is 25.8 Å². The van der Waals surface area contributed by atoms with E-state index in [-0.39, 0.29) is 29.9 Å². The van der Waals surface area contributed by atoms with E-state index >= 15 is 0 Å². The highest BCUT2D eigenvalue weighted by molar-refractivity contribution is 6.32. The number of carbonyl (C=O) groups is 2. The molecule has 0 aromatic heterocycles. The Balaban J connectivity index is 2.09. The Bertz CT molecular complexity index is 883. The Morgan fingerprint density at radius 3 is 2.68 bits per heavy atom. The summed E-state index contributed by atoms with van der Waals surface area (Å²) < 4.78 is 15.5. The maximum atomic E-state index is 12.2. The second kappa shape index (κ2) is 10.3. The topological polar surface area (TPSA) is 86.2 Å². The minimum Gasteiger partial charge on any atom is -0.493 e. The van der Waals surface area contributed by atoms with E-state index in [1.165, 1.54) is 13.3 Å². The monoisotopic (exact) mass is 404 g/mol. The number of ether oxygens (including phenoxy) is 3. The summed E-state index contributed by atoms with van der Waals surface area (Å²) in [4.78, 5) is 23.6. The van der Waals surface area contributed by atoms with Crippen LogP contribution >= 0.6 is 11.6 Å². The molecule has 148 valence electrons. The fourth-order valence-corrected chi connectivity index (χ4v) is 2.62. The van der Waals surface area contributed by atoms with Crippen molar-refractivity contribution in [2.75, 3.05) is 20.3 Å². The molecule has 0 aliphatic heterocycles. The molecule has 2 aromatic carbocycles. The lowest BCUT2D eigenvalue weighted by atomic mass is 10.1. The van der Waals surface area contributed by atoms with Crippen molar-refractivity contribution in [3.63, 3.8) is 0 Å². The number of methoxy groups -OCH3 is 1. The number of esters is 1. The Hall–Kier alpha value is -3.06. The average molecular weight is 405 g/mol. The van der Waals surface area contributed by atoms with Gasteiger partial charge >= 0.3 is 5.97 Å². The van der Waals surface area contributed by atoms with Crippen LogP contribution in [0.5, 0.6) is 11.5 Å². The van der Waals surface area contributed by atoms with Crippen LogP contribution in [-0.4, -0.2) is 38.4 Å². The first-order chi connectivity index (χ1) is 13.5. The fraction of sp³-hybridized carbons (Fsp3) is 0.250. The summed E-state index contributed by atoms with van der Waals surface area (Å²) in [6.07, 6.45) is 1.43. The molecule has 0 bridgehead atoms. The van der Waals surface area contributed by atoms with Crippen LogP contribution in [0.3, 0.4) is 0 Å². The Labute approximate surface area is 168 Å². The zero-order valence-electron chi connectivity index (χ0n) is 15.8. The number of nitrogens with one attached hydrogen (secondary N) is 1. The smallest absolute Gasteiger partial charge is 0.344 e. The van der Waals surface area contributed by atoms with E-state index < -0.39 is 5.97 Å². The molecular weight excluding hydrogens is 384 g/mol. The molecule has 0 saturated heterocycles. The van der Waals surface area contributed by atoms with Crippen LogP contribution in [0.15, 0.2) is 41.5 Å². The number of aryl methyl sites for hydroxylation is 1. The molecule has 0 radical (unpaired) electrons. The first-order valence-corrected chi connectivity index (χ1v) is 8.89.